The molecule has 0 aromatic heterocycles. The van der Waals surface area contributed by atoms with Crippen LogP contribution in [0.25, 0.3) is 0 Å². The summed E-state index contributed by atoms with van der Waals surface area (Å²) in [7, 11) is 0. The van der Waals surface area contributed by atoms with Crippen LogP contribution in [-0.2, 0) is 4.79 Å². The van der Waals surface area contributed by atoms with Gasteiger partial charge in [-0.15, -0.1) is 0 Å². The van der Waals surface area contributed by atoms with E-state index in [2.05, 4.69) is 10.6 Å². The van der Waals surface area contributed by atoms with E-state index in [9.17, 15) is 9.59 Å². The molecule has 5 heteroatoms. The first-order valence-corrected chi connectivity index (χ1v) is 6.34. The van der Waals surface area contributed by atoms with E-state index in [0.29, 0.717) is 6.42 Å². The summed E-state index contributed by atoms with van der Waals surface area (Å²) in [6, 6.07) is -1.14. The van der Waals surface area contributed by atoms with E-state index in [-0.39, 0.29) is 11.6 Å². The molecule has 0 radical (unpaired) electrons. The summed E-state index contributed by atoms with van der Waals surface area (Å²) < 4.78 is 0. The van der Waals surface area contributed by atoms with Crippen LogP contribution in [0.1, 0.15) is 52.4 Å². The second kappa shape index (κ2) is 5.89. The minimum Gasteiger partial charge on any atom is -0.480 e. The maximum Gasteiger partial charge on any atom is 0.326 e. The SMILES string of the molecule is CCCC(NC(=O)NC1(CC)CCC1)C(=O)O. The number of hydrogen-bond donors (Lipinski definition) is 3. The molecule has 0 aromatic rings. The van der Waals surface area contributed by atoms with Crippen molar-refractivity contribution in [2.24, 2.45) is 0 Å². The first-order chi connectivity index (χ1) is 8.03. The maximum atomic E-state index is 11.7. The molecule has 0 aliphatic heterocycles. The number of carboxylic acids is 1. The molecule has 1 fully saturated rings. The van der Waals surface area contributed by atoms with Crippen molar-refractivity contribution in [1.29, 1.82) is 0 Å². The fourth-order valence-electron chi connectivity index (χ4n) is 2.15. The molecule has 17 heavy (non-hydrogen) atoms. The summed E-state index contributed by atoms with van der Waals surface area (Å²) in [5.41, 5.74) is -0.0979. The Morgan fingerprint density at radius 2 is 2.00 bits per heavy atom. The van der Waals surface area contributed by atoms with Gasteiger partial charge in [-0.2, -0.15) is 0 Å². The lowest BCUT2D eigenvalue weighted by molar-refractivity contribution is -0.139. The largest absolute Gasteiger partial charge is 0.480 e. The molecule has 5 nitrogen and oxygen atoms in total. The van der Waals surface area contributed by atoms with Gasteiger partial charge < -0.3 is 15.7 Å². The average Bonchev–Trinajstić information content (AvgIpc) is 2.22. The van der Waals surface area contributed by atoms with Crippen molar-refractivity contribution >= 4 is 12.0 Å². The molecule has 1 unspecified atom stereocenters. The summed E-state index contributed by atoms with van der Waals surface area (Å²) in [5.74, 6) is -0.971. The molecule has 0 heterocycles. The van der Waals surface area contributed by atoms with Gasteiger partial charge in [0.05, 0.1) is 0 Å². The zero-order valence-electron chi connectivity index (χ0n) is 10.6. The number of carboxylic acid groups (broad SMARTS) is 1. The normalized spacial score (nSPS) is 18.9. The van der Waals surface area contributed by atoms with Crippen LogP contribution < -0.4 is 10.6 Å². The van der Waals surface area contributed by atoms with Gasteiger partial charge >= 0.3 is 12.0 Å². The second-order valence-corrected chi connectivity index (χ2v) is 4.77. The highest BCUT2D eigenvalue weighted by Crippen LogP contribution is 2.34. The third kappa shape index (κ3) is 3.61. The number of hydrogen-bond acceptors (Lipinski definition) is 2. The lowest BCUT2D eigenvalue weighted by atomic mass is 9.75. The Morgan fingerprint density at radius 1 is 1.35 bits per heavy atom. The number of urea groups is 1. The van der Waals surface area contributed by atoms with Crippen LogP contribution in [0.4, 0.5) is 4.79 Å². The quantitative estimate of drug-likeness (QED) is 0.665. The zero-order chi connectivity index (χ0) is 12.9. The summed E-state index contributed by atoms with van der Waals surface area (Å²) in [6.07, 6.45) is 5.19. The predicted molar refractivity (Wildman–Crippen MR) is 64.9 cm³/mol. The van der Waals surface area contributed by atoms with Gasteiger partial charge in [-0.1, -0.05) is 20.3 Å². The molecular formula is C12H22N2O3. The number of nitrogens with one attached hydrogen (secondary N) is 2. The topological polar surface area (TPSA) is 78.4 Å². The molecule has 0 spiro atoms. The van der Waals surface area contributed by atoms with Crippen molar-refractivity contribution in [2.75, 3.05) is 0 Å². The number of rotatable bonds is 6. The van der Waals surface area contributed by atoms with E-state index in [1.54, 1.807) is 0 Å². The molecule has 2 amide bonds. The molecule has 1 saturated carbocycles. The second-order valence-electron chi connectivity index (χ2n) is 4.77. The van der Waals surface area contributed by atoms with E-state index in [0.717, 1.165) is 32.1 Å². The predicted octanol–water partition coefficient (Wildman–Crippen LogP) is 1.87. The van der Waals surface area contributed by atoms with Crippen LogP contribution in [-0.4, -0.2) is 28.7 Å². The number of carbonyl (C=O) groups excluding carboxylic acids is 1. The Kier molecular flexibility index (Phi) is 4.78. The minimum atomic E-state index is -0.971. The fraction of sp³-hybridized carbons (Fsp3) is 0.833. The van der Waals surface area contributed by atoms with Crippen molar-refractivity contribution in [3.8, 4) is 0 Å². The van der Waals surface area contributed by atoms with Gasteiger partial charge in [-0.25, -0.2) is 9.59 Å². The molecule has 1 atom stereocenters. The van der Waals surface area contributed by atoms with Gasteiger partial charge in [0.1, 0.15) is 6.04 Å². The van der Waals surface area contributed by atoms with Gasteiger partial charge in [0.15, 0.2) is 0 Å². The van der Waals surface area contributed by atoms with Crippen LogP contribution >= 0.6 is 0 Å². The highest BCUT2D eigenvalue weighted by Gasteiger charge is 2.36. The van der Waals surface area contributed by atoms with E-state index in [4.69, 9.17) is 5.11 Å². The Labute approximate surface area is 102 Å². The standard InChI is InChI=1S/C12H22N2O3/c1-3-6-9(10(15)16)13-11(17)14-12(4-2)7-5-8-12/h9H,3-8H2,1-2H3,(H,15,16)(H2,13,14,17). The smallest absolute Gasteiger partial charge is 0.326 e. The Hall–Kier alpha value is -1.26. The van der Waals surface area contributed by atoms with E-state index in [1.165, 1.54) is 0 Å². The molecule has 98 valence electrons. The van der Waals surface area contributed by atoms with Crippen LogP contribution in [0.5, 0.6) is 0 Å². The highest BCUT2D eigenvalue weighted by molar-refractivity contribution is 5.82. The van der Waals surface area contributed by atoms with Gasteiger partial charge in [0.25, 0.3) is 0 Å². The van der Waals surface area contributed by atoms with E-state index in [1.807, 2.05) is 13.8 Å². The van der Waals surface area contributed by atoms with Crippen LogP contribution in [0, 0.1) is 0 Å². The number of aliphatic carboxylic acids is 1. The lowest BCUT2D eigenvalue weighted by Gasteiger charge is -2.42. The van der Waals surface area contributed by atoms with Crippen molar-refractivity contribution in [1.82, 2.24) is 10.6 Å². The number of amides is 2. The Balaban J connectivity index is 2.44. The molecule has 0 saturated heterocycles. The van der Waals surface area contributed by atoms with Gasteiger partial charge in [-0.3, -0.25) is 0 Å². The monoisotopic (exact) mass is 242 g/mol. The van der Waals surface area contributed by atoms with E-state index < -0.39 is 12.0 Å². The molecule has 0 bridgehead atoms. The first kappa shape index (κ1) is 13.8. The Morgan fingerprint density at radius 3 is 2.35 bits per heavy atom. The molecule has 1 rings (SSSR count). The van der Waals surface area contributed by atoms with Gasteiger partial charge in [0.2, 0.25) is 0 Å². The lowest BCUT2D eigenvalue weighted by Crippen LogP contribution is -2.58. The summed E-state index contributed by atoms with van der Waals surface area (Å²) in [4.78, 5) is 22.6. The average molecular weight is 242 g/mol. The number of carbonyl (C=O) groups is 2. The summed E-state index contributed by atoms with van der Waals surface area (Å²) in [5, 5.41) is 14.4. The maximum absolute atomic E-state index is 11.7. The van der Waals surface area contributed by atoms with Crippen LogP contribution in [0.3, 0.4) is 0 Å². The van der Waals surface area contributed by atoms with Crippen LogP contribution in [0.15, 0.2) is 0 Å². The fourth-order valence-corrected chi connectivity index (χ4v) is 2.15. The zero-order valence-corrected chi connectivity index (χ0v) is 10.6. The minimum absolute atomic E-state index is 0.0979. The third-order valence-electron chi connectivity index (χ3n) is 3.55. The molecular weight excluding hydrogens is 220 g/mol. The van der Waals surface area contributed by atoms with E-state index >= 15 is 0 Å². The molecule has 1 aliphatic carbocycles. The van der Waals surface area contributed by atoms with Gasteiger partial charge in [0, 0.05) is 5.54 Å². The molecule has 0 aromatic carbocycles. The van der Waals surface area contributed by atoms with Crippen molar-refractivity contribution in [3.63, 3.8) is 0 Å². The summed E-state index contributed by atoms with van der Waals surface area (Å²) in [6.45, 7) is 3.94. The van der Waals surface area contributed by atoms with Crippen molar-refractivity contribution in [3.05, 3.63) is 0 Å². The van der Waals surface area contributed by atoms with Crippen molar-refractivity contribution < 1.29 is 14.7 Å². The third-order valence-corrected chi connectivity index (χ3v) is 3.55. The first-order valence-electron chi connectivity index (χ1n) is 6.34. The van der Waals surface area contributed by atoms with Gasteiger partial charge in [-0.05, 0) is 32.1 Å². The van der Waals surface area contributed by atoms with Crippen molar-refractivity contribution in [2.45, 2.75) is 64.0 Å². The molecule has 3 N–H and O–H groups in total. The molecule has 1 aliphatic rings. The highest BCUT2D eigenvalue weighted by atomic mass is 16.4. The summed E-state index contributed by atoms with van der Waals surface area (Å²) >= 11 is 0. The Bertz CT molecular complexity index is 282. The van der Waals surface area contributed by atoms with Crippen LogP contribution in [0.2, 0.25) is 0 Å².